The van der Waals surface area contributed by atoms with E-state index in [2.05, 4.69) is 15.0 Å². The van der Waals surface area contributed by atoms with Gasteiger partial charge < -0.3 is 5.32 Å². The molecule has 0 aliphatic carbocycles. The summed E-state index contributed by atoms with van der Waals surface area (Å²) in [5.74, 6) is 0. The van der Waals surface area contributed by atoms with Crippen LogP contribution in [0.3, 0.4) is 0 Å². The maximum Gasteiger partial charge on any atom is 0.241 e. The predicted molar refractivity (Wildman–Crippen MR) is 82.2 cm³/mol. The Balaban J connectivity index is 2.14. The van der Waals surface area contributed by atoms with E-state index in [9.17, 15) is 8.42 Å². The number of benzene rings is 1. The molecule has 1 unspecified atom stereocenters. The van der Waals surface area contributed by atoms with E-state index in [-0.39, 0.29) is 10.9 Å². The number of aromatic nitrogens is 1. The SMILES string of the molecule is CNCc1ccc(S(=O)(=O)NC(C)c2ccncc2)cc1. The average molecular weight is 305 g/mol. The van der Waals surface area contributed by atoms with E-state index in [0.717, 1.165) is 11.1 Å². The summed E-state index contributed by atoms with van der Waals surface area (Å²) in [7, 11) is -1.68. The molecule has 0 saturated heterocycles. The average Bonchev–Trinajstić information content (AvgIpc) is 2.48. The van der Waals surface area contributed by atoms with Gasteiger partial charge in [-0.05, 0) is 49.4 Å². The van der Waals surface area contributed by atoms with Crippen molar-refractivity contribution in [1.82, 2.24) is 15.0 Å². The Hall–Kier alpha value is -1.76. The van der Waals surface area contributed by atoms with Crippen LogP contribution in [0.1, 0.15) is 24.1 Å². The molecule has 0 fully saturated rings. The lowest BCUT2D eigenvalue weighted by Crippen LogP contribution is -2.26. The first kappa shape index (κ1) is 15.6. The molecule has 1 aromatic carbocycles. The van der Waals surface area contributed by atoms with Crippen LogP contribution in [0.15, 0.2) is 53.7 Å². The molecule has 0 bridgehead atoms. The Morgan fingerprint density at radius 3 is 2.29 bits per heavy atom. The van der Waals surface area contributed by atoms with Crippen molar-refractivity contribution in [3.05, 3.63) is 59.9 Å². The maximum atomic E-state index is 12.3. The van der Waals surface area contributed by atoms with Crippen molar-refractivity contribution in [1.29, 1.82) is 0 Å². The van der Waals surface area contributed by atoms with Crippen molar-refractivity contribution in [3.63, 3.8) is 0 Å². The first-order chi connectivity index (χ1) is 10.0. The highest BCUT2D eigenvalue weighted by Crippen LogP contribution is 2.16. The predicted octanol–water partition coefficient (Wildman–Crippen LogP) is 1.84. The van der Waals surface area contributed by atoms with Gasteiger partial charge in [-0.2, -0.15) is 0 Å². The van der Waals surface area contributed by atoms with Gasteiger partial charge in [-0.3, -0.25) is 4.98 Å². The fourth-order valence-corrected chi connectivity index (χ4v) is 3.24. The van der Waals surface area contributed by atoms with E-state index < -0.39 is 10.0 Å². The van der Waals surface area contributed by atoms with Crippen molar-refractivity contribution in [2.45, 2.75) is 24.4 Å². The van der Waals surface area contributed by atoms with Crippen LogP contribution in [0.25, 0.3) is 0 Å². The van der Waals surface area contributed by atoms with Crippen LogP contribution >= 0.6 is 0 Å². The Morgan fingerprint density at radius 2 is 1.71 bits per heavy atom. The van der Waals surface area contributed by atoms with Gasteiger partial charge in [0, 0.05) is 25.0 Å². The van der Waals surface area contributed by atoms with Crippen LogP contribution < -0.4 is 10.0 Å². The molecule has 2 aromatic rings. The van der Waals surface area contributed by atoms with Crippen LogP contribution in [-0.2, 0) is 16.6 Å². The minimum atomic E-state index is -3.53. The van der Waals surface area contributed by atoms with E-state index in [1.54, 1.807) is 36.7 Å². The number of hydrogen-bond donors (Lipinski definition) is 2. The van der Waals surface area contributed by atoms with Crippen LogP contribution in [0, 0.1) is 0 Å². The van der Waals surface area contributed by atoms with Crippen molar-refractivity contribution < 1.29 is 8.42 Å². The standard InChI is InChI=1S/C15H19N3O2S/c1-12(14-7-9-17-10-8-14)18-21(19,20)15-5-3-13(4-6-15)11-16-2/h3-10,12,16,18H,11H2,1-2H3. The Kier molecular flexibility index (Phi) is 5.06. The molecule has 0 spiro atoms. The third-order valence-corrected chi connectivity index (χ3v) is 4.71. The number of hydrogen-bond acceptors (Lipinski definition) is 4. The second-order valence-corrected chi connectivity index (χ2v) is 6.51. The van der Waals surface area contributed by atoms with Crippen LogP contribution in [0.4, 0.5) is 0 Å². The van der Waals surface area contributed by atoms with E-state index in [1.807, 2.05) is 26.1 Å². The monoisotopic (exact) mass is 305 g/mol. The summed E-state index contributed by atoms with van der Waals surface area (Å²) in [5.41, 5.74) is 1.92. The molecule has 6 heteroatoms. The second kappa shape index (κ2) is 6.80. The van der Waals surface area contributed by atoms with Gasteiger partial charge in [0.25, 0.3) is 0 Å². The Morgan fingerprint density at radius 1 is 1.10 bits per heavy atom. The lowest BCUT2D eigenvalue weighted by atomic mass is 10.1. The summed E-state index contributed by atoms with van der Waals surface area (Å²) >= 11 is 0. The smallest absolute Gasteiger partial charge is 0.241 e. The van der Waals surface area contributed by atoms with Crippen molar-refractivity contribution in [2.75, 3.05) is 7.05 Å². The number of rotatable bonds is 6. The lowest BCUT2D eigenvalue weighted by Gasteiger charge is -2.14. The Labute approximate surface area is 125 Å². The number of nitrogens with one attached hydrogen (secondary N) is 2. The molecule has 0 aliphatic rings. The van der Waals surface area contributed by atoms with Crippen molar-refractivity contribution >= 4 is 10.0 Å². The van der Waals surface area contributed by atoms with Gasteiger partial charge in [0.1, 0.15) is 0 Å². The molecule has 112 valence electrons. The summed E-state index contributed by atoms with van der Waals surface area (Å²) in [4.78, 5) is 4.19. The fraction of sp³-hybridized carbons (Fsp3) is 0.267. The van der Waals surface area contributed by atoms with Gasteiger partial charge in [0.2, 0.25) is 10.0 Å². The molecule has 21 heavy (non-hydrogen) atoms. The summed E-state index contributed by atoms with van der Waals surface area (Å²) in [6.07, 6.45) is 3.29. The number of pyridine rings is 1. The molecule has 0 radical (unpaired) electrons. The van der Waals surface area contributed by atoms with Gasteiger partial charge in [0.05, 0.1) is 4.90 Å². The zero-order valence-electron chi connectivity index (χ0n) is 12.1. The first-order valence-electron chi connectivity index (χ1n) is 6.69. The minimum Gasteiger partial charge on any atom is -0.316 e. The molecule has 2 rings (SSSR count). The normalized spacial score (nSPS) is 13.0. The van der Waals surface area contributed by atoms with Gasteiger partial charge in [0.15, 0.2) is 0 Å². The molecule has 0 amide bonds. The van der Waals surface area contributed by atoms with Crippen LogP contribution in [-0.4, -0.2) is 20.4 Å². The lowest BCUT2D eigenvalue weighted by molar-refractivity contribution is 0.567. The van der Waals surface area contributed by atoms with Gasteiger partial charge in [-0.15, -0.1) is 0 Å². The van der Waals surface area contributed by atoms with Crippen LogP contribution in [0.2, 0.25) is 0 Å². The first-order valence-corrected chi connectivity index (χ1v) is 8.17. The van der Waals surface area contributed by atoms with Crippen molar-refractivity contribution in [3.8, 4) is 0 Å². The summed E-state index contributed by atoms with van der Waals surface area (Å²) < 4.78 is 27.4. The molecular formula is C15H19N3O2S. The molecule has 1 heterocycles. The third kappa shape index (κ3) is 4.10. The highest BCUT2D eigenvalue weighted by atomic mass is 32.2. The second-order valence-electron chi connectivity index (χ2n) is 4.80. The molecule has 2 N–H and O–H groups in total. The van der Waals surface area contributed by atoms with Crippen LogP contribution in [0.5, 0.6) is 0 Å². The maximum absolute atomic E-state index is 12.3. The minimum absolute atomic E-state index is 0.267. The molecule has 0 saturated carbocycles. The van der Waals surface area contributed by atoms with Gasteiger partial charge >= 0.3 is 0 Å². The number of nitrogens with zero attached hydrogens (tertiary/aromatic N) is 1. The molecule has 5 nitrogen and oxygen atoms in total. The zero-order chi connectivity index (χ0) is 15.3. The van der Waals surface area contributed by atoms with Gasteiger partial charge in [-0.25, -0.2) is 13.1 Å². The highest BCUT2D eigenvalue weighted by Gasteiger charge is 2.18. The molecule has 1 aromatic heterocycles. The van der Waals surface area contributed by atoms with E-state index in [0.29, 0.717) is 6.54 Å². The van der Waals surface area contributed by atoms with Crippen molar-refractivity contribution in [2.24, 2.45) is 0 Å². The number of sulfonamides is 1. The largest absolute Gasteiger partial charge is 0.316 e. The topological polar surface area (TPSA) is 71.1 Å². The van der Waals surface area contributed by atoms with E-state index >= 15 is 0 Å². The third-order valence-electron chi connectivity index (χ3n) is 3.15. The highest BCUT2D eigenvalue weighted by molar-refractivity contribution is 7.89. The summed E-state index contributed by atoms with van der Waals surface area (Å²) in [5, 5.41) is 3.02. The van der Waals surface area contributed by atoms with Gasteiger partial charge in [-0.1, -0.05) is 12.1 Å². The van der Waals surface area contributed by atoms with E-state index in [1.165, 1.54) is 0 Å². The Bertz CT molecular complexity index is 670. The molecular weight excluding hydrogens is 286 g/mol. The quantitative estimate of drug-likeness (QED) is 0.854. The summed E-state index contributed by atoms with van der Waals surface area (Å²) in [6, 6.07) is 10.1. The zero-order valence-corrected chi connectivity index (χ0v) is 12.9. The molecule has 1 atom stereocenters. The fourth-order valence-electron chi connectivity index (χ4n) is 2.01. The summed E-state index contributed by atoms with van der Waals surface area (Å²) in [6.45, 7) is 2.52. The molecule has 0 aliphatic heterocycles. The van der Waals surface area contributed by atoms with E-state index in [4.69, 9.17) is 0 Å².